The molecule has 2 aromatic rings. The number of nitrogens with zero attached hydrogens (tertiary/aromatic N) is 2. The monoisotopic (exact) mass is 343 g/mol. The molecule has 1 atom stereocenters. The SMILES string of the molecule is CCN(C)C=Nc1cc(C)c(NC(C)c2ccc(C)cc2)cc1Cl. The number of nitrogens with one attached hydrogen (secondary N) is 1. The van der Waals surface area contributed by atoms with E-state index < -0.39 is 0 Å². The highest BCUT2D eigenvalue weighted by atomic mass is 35.5. The van der Waals surface area contributed by atoms with Crippen molar-refractivity contribution in [1.29, 1.82) is 0 Å². The van der Waals surface area contributed by atoms with Gasteiger partial charge < -0.3 is 10.2 Å². The molecule has 0 radical (unpaired) electrons. The lowest BCUT2D eigenvalue weighted by atomic mass is 10.1. The zero-order valence-corrected chi connectivity index (χ0v) is 15.9. The number of rotatable bonds is 6. The summed E-state index contributed by atoms with van der Waals surface area (Å²) < 4.78 is 0. The van der Waals surface area contributed by atoms with E-state index in [1.807, 2.05) is 30.4 Å². The average Bonchev–Trinajstić information content (AvgIpc) is 2.56. The van der Waals surface area contributed by atoms with Gasteiger partial charge in [0, 0.05) is 25.3 Å². The zero-order chi connectivity index (χ0) is 17.7. The second-order valence-corrected chi connectivity index (χ2v) is 6.62. The van der Waals surface area contributed by atoms with Crippen molar-refractivity contribution in [2.45, 2.75) is 33.7 Å². The van der Waals surface area contributed by atoms with Crippen molar-refractivity contribution in [3.8, 4) is 0 Å². The van der Waals surface area contributed by atoms with Gasteiger partial charge in [0.15, 0.2) is 0 Å². The standard InChI is InChI=1S/C20H26ClN3/c1-6-24(5)13-22-20-11-15(3)19(12-18(20)21)23-16(4)17-9-7-14(2)8-10-17/h7-13,16,23H,6H2,1-5H3. The smallest absolute Gasteiger partial charge is 0.0910 e. The van der Waals surface area contributed by atoms with Crippen LogP contribution in [0.4, 0.5) is 11.4 Å². The van der Waals surface area contributed by atoms with Gasteiger partial charge in [0.1, 0.15) is 0 Å². The van der Waals surface area contributed by atoms with E-state index in [-0.39, 0.29) is 6.04 Å². The average molecular weight is 344 g/mol. The molecule has 0 saturated carbocycles. The highest BCUT2D eigenvalue weighted by Gasteiger charge is 2.10. The van der Waals surface area contributed by atoms with Crippen LogP contribution in [0, 0.1) is 13.8 Å². The number of hydrogen-bond acceptors (Lipinski definition) is 2. The van der Waals surface area contributed by atoms with Gasteiger partial charge in [-0.1, -0.05) is 41.4 Å². The Kier molecular flexibility index (Phi) is 6.27. The van der Waals surface area contributed by atoms with E-state index in [2.05, 4.69) is 62.3 Å². The molecule has 0 amide bonds. The second-order valence-electron chi connectivity index (χ2n) is 6.21. The normalized spacial score (nSPS) is 12.4. The fraction of sp³-hybridized carbons (Fsp3) is 0.350. The van der Waals surface area contributed by atoms with Gasteiger partial charge in [0.2, 0.25) is 0 Å². The van der Waals surface area contributed by atoms with Crippen molar-refractivity contribution in [1.82, 2.24) is 4.90 Å². The molecule has 24 heavy (non-hydrogen) atoms. The number of aliphatic imine (C=N–C) groups is 1. The van der Waals surface area contributed by atoms with Crippen LogP contribution in [0.2, 0.25) is 5.02 Å². The van der Waals surface area contributed by atoms with Gasteiger partial charge in [-0.25, -0.2) is 4.99 Å². The topological polar surface area (TPSA) is 27.6 Å². The van der Waals surface area contributed by atoms with E-state index in [1.165, 1.54) is 11.1 Å². The van der Waals surface area contributed by atoms with Crippen molar-refractivity contribution >= 4 is 29.3 Å². The minimum absolute atomic E-state index is 0.209. The lowest BCUT2D eigenvalue weighted by Crippen LogP contribution is -2.14. The molecule has 1 N–H and O–H groups in total. The van der Waals surface area contributed by atoms with E-state index in [1.54, 1.807) is 0 Å². The minimum Gasteiger partial charge on any atom is -0.378 e. The summed E-state index contributed by atoms with van der Waals surface area (Å²) in [5.41, 5.74) is 5.48. The Morgan fingerprint density at radius 3 is 2.50 bits per heavy atom. The lowest BCUT2D eigenvalue weighted by molar-refractivity contribution is 0.552. The predicted molar refractivity (Wildman–Crippen MR) is 106 cm³/mol. The summed E-state index contributed by atoms with van der Waals surface area (Å²) in [7, 11) is 1.99. The summed E-state index contributed by atoms with van der Waals surface area (Å²) in [6.45, 7) is 9.32. The van der Waals surface area contributed by atoms with E-state index in [4.69, 9.17) is 11.6 Å². The molecule has 4 heteroatoms. The Morgan fingerprint density at radius 2 is 1.88 bits per heavy atom. The molecule has 2 aromatic carbocycles. The van der Waals surface area contributed by atoms with E-state index in [0.29, 0.717) is 5.02 Å². The summed E-state index contributed by atoms with van der Waals surface area (Å²) in [5, 5.41) is 4.20. The van der Waals surface area contributed by atoms with Crippen LogP contribution in [0.25, 0.3) is 0 Å². The molecule has 0 aliphatic rings. The van der Waals surface area contributed by atoms with Crippen LogP contribution < -0.4 is 5.32 Å². The van der Waals surface area contributed by atoms with Crippen molar-refractivity contribution in [2.24, 2.45) is 4.99 Å². The molecule has 0 saturated heterocycles. The molecule has 0 bridgehead atoms. The van der Waals surface area contributed by atoms with Crippen LogP contribution in [-0.2, 0) is 0 Å². The maximum atomic E-state index is 6.41. The van der Waals surface area contributed by atoms with Crippen LogP contribution in [0.3, 0.4) is 0 Å². The van der Waals surface area contributed by atoms with E-state index in [9.17, 15) is 0 Å². The van der Waals surface area contributed by atoms with Crippen LogP contribution in [0.1, 0.15) is 36.6 Å². The number of hydrogen-bond donors (Lipinski definition) is 1. The first kappa shape index (κ1) is 18.3. The van der Waals surface area contributed by atoms with Gasteiger partial charge in [-0.3, -0.25) is 0 Å². The quantitative estimate of drug-likeness (QED) is 0.534. The molecule has 0 fully saturated rings. The first-order chi connectivity index (χ1) is 11.4. The molecular formula is C20H26ClN3. The number of anilines is 1. The molecule has 0 spiro atoms. The third kappa shape index (κ3) is 4.75. The van der Waals surface area contributed by atoms with Crippen molar-refractivity contribution < 1.29 is 0 Å². The summed E-state index contributed by atoms with van der Waals surface area (Å²) in [6, 6.07) is 12.8. The van der Waals surface area contributed by atoms with Crippen LogP contribution in [0.15, 0.2) is 41.4 Å². The fourth-order valence-corrected chi connectivity index (χ4v) is 2.55. The minimum atomic E-state index is 0.209. The highest BCUT2D eigenvalue weighted by Crippen LogP contribution is 2.32. The predicted octanol–water partition coefficient (Wildman–Crippen LogP) is 5.74. The molecule has 0 aliphatic carbocycles. The first-order valence-corrected chi connectivity index (χ1v) is 8.66. The molecule has 3 nitrogen and oxygen atoms in total. The zero-order valence-electron chi connectivity index (χ0n) is 15.1. The Hall–Kier alpha value is -2.00. The fourth-order valence-electron chi connectivity index (χ4n) is 2.33. The largest absolute Gasteiger partial charge is 0.378 e. The van der Waals surface area contributed by atoms with Gasteiger partial charge >= 0.3 is 0 Å². The van der Waals surface area contributed by atoms with E-state index in [0.717, 1.165) is 23.5 Å². The Morgan fingerprint density at radius 1 is 1.21 bits per heavy atom. The third-order valence-corrected chi connectivity index (χ3v) is 4.44. The van der Waals surface area contributed by atoms with Gasteiger partial charge in [0.05, 0.1) is 17.0 Å². The number of benzene rings is 2. The molecule has 0 aromatic heterocycles. The van der Waals surface area contributed by atoms with Gasteiger partial charge in [-0.05, 0) is 51.0 Å². The van der Waals surface area contributed by atoms with Gasteiger partial charge in [0.25, 0.3) is 0 Å². The number of halogens is 1. The molecule has 1 unspecified atom stereocenters. The Balaban J connectivity index is 2.18. The molecule has 128 valence electrons. The molecule has 0 heterocycles. The highest BCUT2D eigenvalue weighted by molar-refractivity contribution is 6.33. The summed E-state index contributed by atoms with van der Waals surface area (Å²) >= 11 is 6.41. The van der Waals surface area contributed by atoms with E-state index >= 15 is 0 Å². The lowest BCUT2D eigenvalue weighted by Gasteiger charge is -2.18. The molecular weight excluding hydrogens is 318 g/mol. The Bertz CT molecular complexity index is 708. The van der Waals surface area contributed by atoms with Crippen LogP contribution >= 0.6 is 11.6 Å². The second kappa shape index (κ2) is 8.20. The maximum absolute atomic E-state index is 6.41. The van der Waals surface area contributed by atoms with Crippen molar-refractivity contribution in [2.75, 3.05) is 18.9 Å². The molecule has 0 aliphatic heterocycles. The van der Waals surface area contributed by atoms with Crippen molar-refractivity contribution in [3.05, 3.63) is 58.1 Å². The summed E-state index contributed by atoms with van der Waals surface area (Å²) in [5.74, 6) is 0. The summed E-state index contributed by atoms with van der Waals surface area (Å²) in [4.78, 5) is 6.48. The van der Waals surface area contributed by atoms with Crippen LogP contribution in [0.5, 0.6) is 0 Å². The van der Waals surface area contributed by atoms with Gasteiger partial charge in [-0.2, -0.15) is 0 Å². The summed E-state index contributed by atoms with van der Waals surface area (Å²) in [6.07, 6.45) is 1.81. The first-order valence-electron chi connectivity index (χ1n) is 8.28. The maximum Gasteiger partial charge on any atom is 0.0910 e. The van der Waals surface area contributed by atoms with Gasteiger partial charge in [-0.15, -0.1) is 0 Å². The van der Waals surface area contributed by atoms with Crippen molar-refractivity contribution in [3.63, 3.8) is 0 Å². The number of aryl methyl sites for hydroxylation is 2. The molecule has 2 rings (SSSR count). The van der Waals surface area contributed by atoms with Crippen LogP contribution in [-0.4, -0.2) is 24.8 Å². The third-order valence-electron chi connectivity index (χ3n) is 4.14. The Labute approximate surface area is 150 Å².